The number of nitrogens with one attached hydrogen (secondary N) is 1. The molecule has 25 heavy (non-hydrogen) atoms. The number of rotatable bonds is 4. The van der Waals surface area contributed by atoms with Gasteiger partial charge < -0.3 is 20.4 Å². The smallest absolute Gasteiger partial charge is 0.239 e. The maximum atomic E-state index is 11.3. The van der Waals surface area contributed by atoms with Crippen LogP contribution in [0.5, 0.6) is 5.75 Å². The highest BCUT2D eigenvalue weighted by Crippen LogP contribution is 2.35. The number of ether oxygens (including phenoxy) is 1. The number of hydrogen-bond donors (Lipinski definition) is 2. The predicted octanol–water partition coefficient (Wildman–Crippen LogP) is 2.77. The average molecular weight is 336 g/mol. The molecule has 1 aliphatic heterocycles. The van der Waals surface area contributed by atoms with Crippen LogP contribution in [0.2, 0.25) is 0 Å². The minimum atomic E-state index is -0.467. The molecular formula is C19H20N4O2. The maximum absolute atomic E-state index is 11.3. The number of aryl methyl sites for hydroxylation is 1. The number of amides is 1. The molecule has 1 aliphatic rings. The lowest BCUT2D eigenvalue weighted by molar-refractivity contribution is -0.118. The largest absolute Gasteiger partial charge is 0.491 e. The molecule has 6 heteroatoms. The second-order valence-corrected chi connectivity index (χ2v) is 6.27. The number of carbonyl (C=O) groups excluding carboxylic acids is 1. The van der Waals surface area contributed by atoms with E-state index in [-0.39, 0.29) is 0 Å². The Morgan fingerprint density at radius 3 is 2.88 bits per heavy atom. The molecule has 4 rings (SSSR count). The van der Waals surface area contributed by atoms with Crippen molar-refractivity contribution >= 4 is 22.6 Å². The molecule has 6 nitrogen and oxygen atoms in total. The minimum absolute atomic E-state index is 0.401. The van der Waals surface area contributed by atoms with E-state index < -0.39 is 11.9 Å². The Kier molecular flexibility index (Phi) is 3.80. The second kappa shape index (κ2) is 6.12. The molecule has 0 spiro atoms. The number of imidazole rings is 1. The number of nitrogens with two attached hydrogens (primary N) is 1. The van der Waals surface area contributed by atoms with Crippen molar-refractivity contribution in [3.63, 3.8) is 0 Å². The van der Waals surface area contributed by atoms with Crippen molar-refractivity contribution in [2.24, 2.45) is 5.73 Å². The van der Waals surface area contributed by atoms with E-state index in [0.29, 0.717) is 6.61 Å². The van der Waals surface area contributed by atoms with E-state index in [1.165, 1.54) is 0 Å². The summed E-state index contributed by atoms with van der Waals surface area (Å²) in [5.74, 6) is 1.31. The fourth-order valence-corrected chi connectivity index (χ4v) is 3.17. The molecule has 2 aromatic carbocycles. The number of hydrogen-bond acceptors (Lipinski definition) is 4. The molecule has 0 radical (unpaired) electrons. The van der Waals surface area contributed by atoms with Gasteiger partial charge in [-0.2, -0.15) is 0 Å². The first-order valence-electron chi connectivity index (χ1n) is 8.42. The molecule has 0 bridgehead atoms. The van der Waals surface area contributed by atoms with Gasteiger partial charge in [-0.3, -0.25) is 4.79 Å². The van der Waals surface area contributed by atoms with Gasteiger partial charge in [0, 0.05) is 23.9 Å². The van der Waals surface area contributed by atoms with Crippen LogP contribution in [0.15, 0.2) is 42.5 Å². The molecule has 0 unspecified atom stereocenters. The number of anilines is 1. The van der Waals surface area contributed by atoms with E-state index in [9.17, 15) is 4.79 Å². The Morgan fingerprint density at radius 2 is 2.12 bits per heavy atom. The normalized spacial score (nSPS) is 14.6. The van der Waals surface area contributed by atoms with Gasteiger partial charge in [-0.15, -0.1) is 0 Å². The highest BCUT2D eigenvalue weighted by Gasteiger charge is 2.20. The zero-order chi connectivity index (χ0) is 17.4. The quantitative estimate of drug-likeness (QED) is 0.767. The number of primary amides is 1. The number of benzene rings is 2. The molecule has 1 atom stereocenters. The number of nitrogens with zero attached hydrogens (tertiary/aromatic N) is 2. The SMILES string of the molecule is C[C@H](Nc1cc2c3c(c1)nc(-c1ccccc1)n3CCCO2)C(N)=O. The van der Waals surface area contributed by atoms with Crippen LogP contribution in [-0.4, -0.2) is 28.1 Å². The number of aromatic nitrogens is 2. The molecule has 0 saturated heterocycles. The molecule has 1 amide bonds. The van der Waals surface area contributed by atoms with Gasteiger partial charge in [0.25, 0.3) is 0 Å². The van der Waals surface area contributed by atoms with Gasteiger partial charge in [0.2, 0.25) is 5.91 Å². The van der Waals surface area contributed by atoms with Crippen LogP contribution in [0, 0.1) is 0 Å². The van der Waals surface area contributed by atoms with Gasteiger partial charge in [-0.05, 0) is 19.4 Å². The topological polar surface area (TPSA) is 82.2 Å². The first kappa shape index (κ1) is 15.5. The molecule has 3 aromatic rings. The van der Waals surface area contributed by atoms with Gasteiger partial charge in [0.1, 0.15) is 23.1 Å². The van der Waals surface area contributed by atoms with Crippen molar-refractivity contribution in [2.45, 2.75) is 25.9 Å². The zero-order valence-electron chi connectivity index (χ0n) is 14.0. The van der Waals surface area contributed by atoms with Crippen molar-refractivity contribution in [1.82, 2.24) is 9.55 Å². The van der Waals surface area contributed by atoms with E-state index in [1.54, 1.807) is 6.92 Å². The van der Waals surface area contributed by atoms with Gasteiger partial charge in [-0.25, -0.2) is 4.98 Å². The van der Waals surface area contributed by atoms with Crippen LogP contribution in [-0.2, 0) is 11.3 Å². The molecule has 3 N–H and O–H groups in total. The van der Waals surface area contributed by atoms with Gasteiger partial charge in [-0.1, -0.05) is 30.3 Å². The highest BCUT2D eigenvalue weighted by atomic mass is 16.5. The third kappa shape index (κ3) is 2.80. The highest BCUT2D eigenvalue weighted by molar-refractivity contribution is 5.90. The molecule has 0 fully saturated rings. The summed E-state index contributed by atoms with van der Waals surface area (Å²) >= 11 is 0. The Labute approximate surface area is 145 Å². The van der Waals surface area contributed by atoms with Crippen molar-refractivity contribution < 1.29 is 9.53 Å². The Balaban J connectivity index is 1.87. The summed E-state index contributed by atoms with van der Waals surface area (Å²) in [6.07, 6.45) is 0.917. The fourth-order valence-electron chi connectivity index (χ4n) is 3.17. The van der Waals surface area contributed by atoms with E-state index in [2.05, 4.69) is 22.0 Å². The van der Waals surface area contributed by atoms with Gasteiger partial charge in [0.05, 0.1) is 12.1 Å². The molecule has 0 saturated carbocycles. The van der Waals surface area contributed by atoms with E-state index in [1.807, 2.05) is 30.3 Å². The van der Waals surface area contributed by atoms with Crippen LogP contribution in [0.3, 0.4) is 0 Å². The van der Waals surface area contributed by atoms with Crippen LogP contribution in [0.1, 0.15) is 13.3 Å². The summed E-state index contributed by atoms with van der Waals surface area (Å²) in [7, 11) is 0. The average Bonchev–Trinajstić information content (AvgIpc) is 2.83. The van der Waals surface area contributed by atoms with Crippen molar-refractivity contribution in [2.75, 3.05) is 11.9 Å². The first-order valence-corrected chi connectivity index (χ1v) is 8.42. The summed E-state index contributed by atoms with van der Waals surface area (Å²) in [6, 6.07) is 13.5. The van der Waals surface area contributed by atoms with E-state index >= 15 is 0 Å². The van der Waals surface area contributed by atoms with Crippen molar-refractivity contribution in [3.05, 3.63) is 42.5 Å². The third-order valence-electron chi connectivity index (χ3n) is 4.43. The van der Waals surface area contributed by atoms with Crippen LogP contribution in [0.4, 0.5) is 5.69 Å². The van der Waals surface area contributed by atoms with Crippen LogP contribution >= 0.6 is 0 Å². The predicted molar refractivity (Wildman–Crippen MR) is 97.6 cm³/mol. The molecule has 128 valence electrons. The molecule has 0 aliphatic carbocycles. The lowest BCUT2D eigenvalue weighted by Gasteiger charge is -2.13. The monoisotopic (exact) mass is 336 g/mol. The van der Waals surface area contributed by atoms with Gasteiger partial charge >= 0.3 is 0 Å². The Bertz CT molecular complexity index is 933. The summed E-state index contributed by atoms with van der Waals surface area (Å²) in [6.45, 7) is 3.25. The Hall–Kier alpha value is -3.02. The maximum Gasteiger partial charge on any atom is 0.239 e. The van der Waals surface area contributed by atoms with Gasteiger partial charge in [0.15, 0.2) is 0 Å². The summed E-state index contributed by atoms with van der Waals surface area (Å²) in [5, 5.41) is 3.12. The number of carbonyl (C=O) groups is 1. The molecule has 2 heterocycles. The van der Waals surface area contributed by atoms with Crippen LogP contribution in [0.25, 0.3) is 22.4 Å². The summed E-state index contributed by atoms with van der Waals surface area (Å²) < 4.78 is 8.15. The van der Waals surface area contributed by atoms with E-state index in [4.69, 9.17) is 15.5 Å². The van der Waals surface area contributed by atoms with Crippen molar-refractivity contribution in [3.8, 4) is 17.1 Å². The lowest BCUT2D eigenvalue weighted by atomic mass is 10.2. The first-order chi connectivity index (χ1) is 12.1. The lowest BCUT2D eigenvalue weighted by Crippen LogP contribution is -2.32. The van der Waals surface area contributed by atoms with Crippen molar-refractivity contribution in [1.29, 1.82) is 0 Å². The zero-order valence-corrected chi connectivity index (χ0v) is 14.0. The molecule has 1 aromatic heterocycles. The summed E-state index contributed by atoms with van der Waals surface area (Å²) in [5.41, 5.74) is 9.05. The molecular weight excluding hydrogens is 316 g/mol. The van der Waals surface area contributed by atoms with Crippen LogP contribution < -0.4 is 15.8 Å². The Morgan fingerprint density at radius 1 is 1.32 bits per heavy atom. The second-order valence-electron chi connectivity index (χ2n) is 6.27. The minimum Gasteiger partial charge on any atom is -0.491 e. The summed E-state index contributed by atoms with van der Waals surface area (Å²) in [4.78, 5) is 16.2. The fraction of sp³-hybridized carbons (Fsp3) is 0.263. The standard InChI is InChI=1S/C19H20N4O2/c1-12(18(20)24)21-14-10-15-17-16(11-14)25-9-5-8-23(17)19(22-15)13-6-3-2-4-7-13/h2-4,6-7,10-12,21H,5,8-9H2,1H3,(H2,20,24)/t12-/m0/s1. The third-order valence-corrected chi connectivity index (χ3v) is 4.43. The van der Waals surface area contributed by atoms with E-state index in [0.717, 1.165) is 46.8 Å².